The third-order valence-corrected chi connectivity index (χ3v) is 4.46. The SMILES string of the molecule is O=C(COC(=O)CCN1C(=O)c2ccccc2C1=O)NNC(=O)c1ccc(Cl)cc1. The molecule has 0 radical (unpaired) electrons. The number of hydrogen-bond acceptors (Lipinski definition) is 6. The summed E-state index contributed by atoms with van der Waals surface area (Å²) in [6.07, 6.45) is -0.268. The van der Waals surface area contributed by atoms with Crippen molar-refractivity contribution in [3.8, 4) is 0 Å². The Labute approximate surface area is 175 Å². The zero-order valence-corrected chi connectivity index (χ0v) is 16.3. The number of carbonyl (C=O) groups excluding carboxylic acids is 5. The summed E-state index contributed by atoms with van der Waals surface area (Å²) in [5.74, 6) is -3.06. The van der Waals surface area contributed by atoms with E-state index in [1.165, 1.54) is 36.4 Å². The largest absolute Gasteiger partial charge is 0.455 e. The highest BCUT2D eigenvalue weighted by Crippen LogP contribution is 2.22. The number of imide groups is 1. The van der Waals surface area contributed by atoms with Crippen molar-refractivity contribution >= 4 is 41.2 Å². The Morgan fingerprint density at radius 3 is 2.10 bits per heavy atom. The Kier molecular flexibility index (Phi) is 6.43. The fourth-order valence-electron chi connectivity index (χ4n) is 2.70. The minimum absolute atomic E-state index is 0.167. The first-order chi connectivity index (χ1) is 14.4. The number of rotatable bonds is 6. The van der Waals surface area contributed by atoms with Crippen LogP contribution >= 0.6 is 11.6 Å². The van der Waals surface area contributed by atoms with Gasteiger partial charge in [-0.25, -0.2) is 0 Å². The maximum absolute atomic E-state index is 12.2. The van der Waals surface area contributed by atoms with Gasteiger partial charge in [0, 0.05) is 17.1 Å². The quantitative estimate of drug-likeness (QED) is 0.406. The maximum Gasteiger partial charge on any atom is 0.308 e. The molecule has 0 saturated heterocycles. The first-order valence-corrected chi connectivity index (χ1v) is 9.20. The number of nitrogens with one attached hydrogen (secondary N) is 2. The molecule has 2 aromatic rings. The highest BCUT2D eigenvalue weighted by molar-refractivity contribution is 6.30. The van der Waals surface area contributed by atoms with Gasteiger partial charge in [0.05, 0.1) is 17.5 Å². The van der Waals surface area contributed by atoms with Gasteiger partial charge in [0.15, 0.2) is 6.61 Å². The molecule has 9 nitrogen and oxygen atoms in total. The van der Waals surface area contributed by atoms with Crippen LogP contribution in [0.2, 0.25) is 5.02 Å². The first kappa shape index (κ1) is 21.0. The fraction of sp³-hybridized carbons (Fsp3) is 0.150. The number of halogens is 1. The van der Waals surface area contributed by atoms with E-state index in [-0.39, 0.29) is 29.7 Å². The first-order valence-electron chi connectivity index (χ1n) is 8.82. The van der Waals surface area contributed by atoms with E-state index in [0.29, 0.717) is 5.02 Å². The number of benzene rings is 2. The van der Waals surface area contributed by atoms with E-state index in [1.807, 2.05) is 0 Å². The topological polar surface area (TPSA) is 122 Å². The van der Waals surface area contributed by atoms with E-state index in [4.69, 9.17) is 16.3 Å². The molecule has 3 rings (SSSR count). The van der Waals surface area contributed by atoms with E-state index in [1.54, 1.807) is 12.1 Å². The van der Waals surface area contributed by atoms with Crippen molar-refractivity contribution in [3.05, 3.63) is 70.2 Å². The second-order valence-electron chi connectivity index (χ2n) is 6.23. The number of nitrogens with zero attached hydrogens (tertiary/aromatic N) is 1. The number of esters is 1. The van der Waals surface area contributed by atoms with Crippen LogP contribution in [0.1, 0.15) is 37.5 Å². The van der Waals surface area contributed by atoms with Crippen molar-refractivity contribution in [2.45, 2.75) is 6.42 Å². The van der Waals surface area contributed by atoms with Crippen molar-refractivity contribution in [2.75, 3.05) is 13.2 Å². The van der Waals surface area contributed by atoms with Crippen LogP contribution in [0.5, 0.6) is 0 Å². The molecule has 2 aromatic carbocycles. The van der Waals surface area contributed by atoms with Gasteiger partial charge in [-0.05, 0) is 36.4 Å². The van der Waals surface area contributed by atoms with Gasteiger partial charge in [0.2, 0.25) is 0 Å². The van der Waals surface area contributed by atoms with Crippen LogP contribution in [0.15, 0.2) is 48.5 Å². The third-order valence-electron chi connectivity index (χ3n) is 4.20. The number of hydrogen-bond donors (Lipinski definition) is 2. The molecule has 0 spiro atoms. The molecule has 1 heterocycles. The van der Waals surface area contributed by atoms with Gasteiger partial charge in [0.1, 0.15) is 0 Å². The van der Waals surface area contributed by atoms with Crippen LogP contribution in [-0.2, 0) is 14.3 Å². The number of amides is 4. The molecule has 0 unspecified atom stereocenters. The number of hydrazine groups is 1. The highest BCUT2D eigenvalue weighted by atomic mass is 35.5. The molecule has 0 aliphatic carbocycles. The van der Waals surface area contributed by atoms with Gasteiger partial charge in [-0.2, -0.15) is 0 Å². The van der Waals surface area contributed by atoms with Gasteiger partial charge < -0.3 is 4.74 Å². The monoisotopic (exact) mass is 429 g/mol. The standard InChI is InChI=1S/C20H16ClN3O6/c21-13-7-5-12(6-8-13)18(27)23-22-16(25)11-30-17(26)9-10-24-19(28)14-3-1-2-4-15(14)20(24)29/h1-8H,9-11H2,(H,22,25)(H,23,27). The van der Waals surface area contributed by atoms with Crippen molar-refractivity contribution in [1.29, 1.82) is 0 Å². The average molecular weight is 430 g/mol. The van der Waals surface area contributed by atoms with E-state index in [9.17, 15) is 24.0 Å². The molecule has 2 N–H and O–H groups in total. The van der Waals surface area contributed by atoms with E-state index in [0.717, 1.165) is 4.90 Å². The Balaban J connectivity index is 1.39. The smallest absolute Gasteiger partial charge is 0.308 e. The zero-order valence-electron chi connectivity index (χ0n) is 15.5. The van der Waals surface area contributed by atoms with Crippen molar-refractivity contribution < 1.29 is 28.7 Å². The van der Waals surface area contributed by atoms with Crippen molar-refractivity contribution in [2.24, 2.45) is 0 Å². The molecule has 0 fully saturated rings. The number of fused-ring (bicyclic) bond motifs is 1. The van der Waals surface area contributed by atoms with E-state index < -0.39 is 36.2 Å². The van der Waals surface area contributed by atoms with Crippen LogP contribution in [0.3, 0.4) is 0 Å². The molecule has 154 valence electrons. The maximum atomic E-state index is 12.2. The molecule has 0 saturated carbocycles. The zero-order chi connectivity index (χ0) is 21.7. The normalized spacial score (nSPS) is 12.4. The Morgan fingerprint density at radius 1 is 0.900 bits per heavy atom. The predicted molar refractivity (Wildman–Crippen MR) is 104 cm³/mol. The highest BCUT2D eigenvalue weighted by Gasteiger charge is 2.35. The van der Waals surface area contributed by atoms with Gasteiger partial charge in [0.25, 0.3) is 23.6 Å². The lowest BCUT2D eigenvalue weighted by molar-refractivity contribution is -0.148. The molecular weight excluding hydrogens is 414 g/mol. The molecule has 1 aliphatic heterocycles. The molecular formula is C20H16ClN3O6. The van der Waals surface area contributed by atoms with Crippen LogP contribution < -0.4 is 10.9 Å². The lowest BCUT2D eigenvalue weighted by Gasteiger charge is -2.13. The summed E-state index contributed by atoms with van der Waals surface area (Å²) in [4.78, 5) is 60.8. The third kappa shape index (κ3) is 4.81. The lowest BCUT2D eigenvalue weighted by Crippen LogP contribution is -2.43. The van der Waals surface area contributed by atoms with Gasteiger partial charge >= 0.3 is 5.97 Å². The fourth-order valence-corrected chi connectivity index (χ4v) is 2.83. The minimum atomic E-state index is -0.772. The van der Waals surface area contributed by atoms with Crippen LogP contribution in [0.4, 0.5) is 0 Å². The predicted octanol–water partition coefficient (Wildman–Crippen LogP) is 1.33. The van der Waals surface area contributed by atoms with E-state index in [2.05, 4.69) is 10.9 Å². The van der Waals surface area contributed by atoms with Gasteiger partial charge in [-0.15, -0.1) is 0 Å². The van der Waals surface area contributed by atoms with Gasteiger partial charge in [-0.3, -0.25) is 39.7 Å². The molecule has 0 atom stereocenters. The molecule has 0 aromatic heterocycles. The Bertz CT molecular complexity index is 986. The van der Waals surface area contributed by atoms with Crippen LogP contribution in [-0.4, -0.2) is 47.6 Å². The number of carbonyl (C=O) groups is 5. The molecule has 4 amide bonds. The summed E-state index contributed by atoms with van der Waals surface area (Å²) in [6, 6.07) is 12.4. The molecule has 30 heavy (non-hydrogen) atoms. The molecule has 1 aliphatic rings. The van der Waals surface area contributed by atoms with Crippen LogP contribution in [0.25, 0.3) is 0 Å². The lowest BCUT2D eigenvalue weighted by atomic mass is 10.1. The molecule has 10 heteroatoms. The summed E-state index contributed by atoms with van der Waals surface area (Å²) >= 11 is 5.73. The second-order valence-corrected chi connectivity index (χ2v) is 6.66. The second kappa shape index (κ2) is 9.19. The summed E-state index contributed by atoms with van der Waals surface area (Å²) in [5, 5.41) is 0.462. The van der Waals surface area contributed by atoms with Gasteiger partial charge in [-0.1, -0.05) is 23.7 Å². The van der Waals surface area contributed by atoms with E-state index >= 15 is 0 Å². The number of ether oxygens (including phenoxy) is 1. The van der Waals surface area contributed by atoms with Crippen LogP contribution in [0, 0.1) is 0 Å². The summed E-state index contributed by atoms with van der Waals surface area (Å²) in [6.45, 7) is -0.804. The molecule has 0 bridgehead atoms. The van der Waals surface area contributed by atoms with Crippen molar-refractivity contribution in [1.82, 2.24) is 15.8 Å². The average Bonchev–Trinajstić information content (AvgIpc) is 2.99. The minimum Gasteiger partial charge on any atom is -0.455 e. The van der Waals surface area contributed by atoms with Crippen molar-refractivity contribution in [3.63, 3.8) is 0 Å². The Hall–Kier alpha value is -3.72. The summed E-state index contributed by atoms with van der Waals surface area (Å²) in [7, 11) is 0. The summed E-state index contributed by atoms with van der Waals surface area (Å²) in [5.41, 5.74) is 5.12. The summed E-state index contributed by atoms with van der Waals surface area (Å²) < 4.78 is 4.80. The Morgan fingerprint density at radius 2 is 1.50 bits per heavy atom.